The maximum absolute atomic E-state index is 11.5. The van der Waals surface area contributed by atoms with Crippen molar-refractivity contribution < 1.29 is 24.2 Å². The van der Waals surface area contributed by atoms with Crippen LogP contribution >= 0.6 is 46.4 Å². The maximum Gasteiger partial charge on any atom is 0.358 e. The third-order valence-electron chi connectivity index (χ3n) is 4.42. The van der Waals surface area contributed by atoms with E-state index in [2.05, 4.69) is 9.99 Å². The Morgan fingerprint density at radius 1 is 1.17 bits per heavy atom. The second-order valence-corrected chi connectivity index (χ2v) is 8.92. The molecule has 3 rings (SSSR count). The quantitative estimate of drug-likeness (QED) is 0.281. The lowest BCUT2D eigenvalue weighted by atomic mass is 10.0. The van der Waals surface area contributed by atoms with E-state index in [0.29, 0.717) is 40.7 Å². The van der Waals surface area contributed by atoms with E-state index in [1.807, 2.05) is 0 Å². The smallest absolute Gasteiger partial charge is 0.358 e. The molecule has 1 aliphatic rings. The number of nitrogens with zero attached hydrogens (tertiary/aromatic N) is 1. The Morgan fingerprint density at radius 2 is 1.80 bits per heavy atom. The van der Waals surface area contributed by atoms with Crippen LogP contribution in [-0.2, 0) is 16.2 Å². The van der Waals surface area contributed by atoms with E-state index < -0.39 is 10.3 Å². The van der Waals surface area contributed by atoms with Crippen LogP contribution in [-0.4, -0.2) is 34.8 Å². The molecule has 0 radical (unpaired) electrons. The van der Waals surface area contributed by atoms with E-state index in [4.69, 9.17) is 55.9 Å². The summed E-state index contributed by atoms with van der Waals surface area (Å²) in [5.41, 5.74) is 0.705. The molecular weight excluding hydrogens is 476 g/mol. The topological polar surface area (TPSA) is 77.4 Å². The van der Waals surface area contributed by atoms with Crippen LogP contribution in [0.2, 0.25) is 10.0 Å². The van der Waals surface area contributed by atoms with Gasteiger partial charge < -0.3 is 19.4 Å². The van der Waals surface area contributed by atoms with Crippen LogP contribution in [0, 0.1) is 5.92 Å². The standard InChI is InChI=1S/C20H17Cl4NO5/c1-28-25-18(19(26)27)13-5-3-2-4-11(13)9-29-16-7-17(15(22)6-14(16)21)30-10-12-8-20(12,23)24/h2-7,12H,8-10H2,1H3,(H,26,27)/b25-18+. The number of carboxylic acids is 1. The van der Waals surface area contributed by atoms with E-state index in [-0.39, 0.29) is 23.3 Å². The summed E-state index contributed by atoms with van der Waals surface area (Å²) in [6, 6.07) is 9.87. The van der Waals surface area contributed by atoms with Gasteiger partial charge in [-0.3, -0.25) is 0 Å². The van der Waals surface area contributed by atoms with Crippen molar-refractivity contribution >= 4 is 58.1 Å². The zero-order valence-corrected chi connectivity index (χ0v) is 18.7. The summed E-state index contributed by atoms with van der Waals surface area (Å²) in [5.74, 6) is -0.490. The second kappa shape index (κ2) is 9.52. The van der Waals surface area contributed by atoms with Crippen LogP contribution in [0.4, 0.5) is 0 Å². The summed E-state index contributed by atoms with van der Waals surface area (Å²) in [7, 11) is 1.27. The molecule has 30 heavy (non-hydrogen) atoms. The van der Waals surface area contributed by atoms with Gasteiger partial charge in [0, 0.05) is 17.5 Å². The van der Waals surface area contributed by atoms with Crippen molar-refractivity contribution in [3.8, 4) is 11.5 Å². The van der Waals surface area contributed by atoms with Gasteiger partial charge in [0.15, 0.2) is 5.71 Å². The number of hydrogen-bond donors (Lipinski definition) is 1. The number of ether oxygens (including phenoxy) is 2. The van der Waals surface area contributed by atoms with Crippen LogP contribution in [0.15, 0.2) is 41.6 Å². The van der Waals surface area contributed by atoms with Crippen molar-refractivity contribution in [3.63, 3.8) is 0 Å². The highest BCUT2D eigenvalue weighted by Crippen LogP contribution is 2.53. The van der Waals surface area contributed by atoms with Gasteiger partial charge in [-0.25, -0.2) is 4.79 Å². The van der Waals surface area contributed by atoms with Crippen LogP contribution in [0.25, 0.3) is 0 Å². The highest BCUT2D eigenvalue weighted by Gasteiger charge is 2.52. The molecule has 0 amide bonds. The molecule has 0 aliphatic heterocycles. The largest absolute Gasteiger partial charge is 0.491 e. The van der Waals surface area contributed by atoms with Crippen LogP contribution in [0.1, 0.15) is 17.5 Å². The molecule has 10 heteroatoms. The molecule has 0 heterocycles. The number of halogens is 4. The van der Waals surface area contributed by atoms with Crippen molar-refractivity contribution in [1.82, 2.24) is 0 Å². The molecule has 1 atom stereocenters. The van der Waals surface area contributed by atoms with Gasteiger partial charge >= 0.3 is 5.97 Å². The number of alkyl halides is 2. The molecule has 0 bridgehead atoms. The number of carbonyl (C=O) groups is 1. The zero-order valence-electron chi connectivity index (χ0n) is 15.7. The van der Waals surface area contributed by atoms with Crippen molar-refractivity contribution in [1.29, 1.82) is 0 Å². The lowest BCUT2D eigenvalue weighted by Gasteiger charge is -2.14. The van der Waals surface area contributed by atoms with Gasteiger partial charge in [-0.2, -0.15) is 0 Å². The molecule has 1 N–H and O–H groups in total. The number of oxime groups is 1. The van der Waals surface area contributed by atoms with E-state index in [0.717, 1.165) is 0 Å². The van der Waals surface area contributed by atoms with Gasteiger partial charge in [0.25, 0.3) is 0 Å². The molecule has 6 nitrogen and oxygen atoms in total. The van der Waals surface area contributed by atoms with Crippen LogP contribution < -0.4 is 9.47 Å². The molecule has 1 aliphatic carbocycles. The molecular formula is C20H17Cl4NO5. The summed E-state index contributed by atoms with van der Waals surface area (Å²) < 4.78 is 10.8. The minimum atomic E-state index is -1.22. The third kappa shape index (κ3) is 5.43. The molecule has 1 saturated carbocycles. The Morgan fingerprint density at radius 3 is 2.40 bits per heavy atom. The van der Waals surface area contributed by atoms with Gasteiger partial charge in [0.1, 0.15) is 29.5 Å². The Hall–Kier alpha value is -1.86. The summed E-state index contributed by atoms with van der Waals surface area (Å²) in [5, 5.41) is 13.6. The monoisotopic (exact) mass is 491 g/mol. The van der Waals surface area contributed by atoms with Gasteiger partial charge in [-0.1, -0.05) is 52.6 Å². The summed E-state index contributed by atoms with van der Waals surface area (Å²) in [6.07, 6.45) is 0.649. The fraction of sp³-hybridized carbons (Fsp3) is 0.300. The Kier molecular flexibility index (Phi) is 7.24. The predicted octanol–water partition coefficient (Wildman–Crippen LogP) is 5.58. The maximum atomic E-state index is 11.5. The highest BCUT2D eigenvalue weighted by atomic mass is 35.5. The third-order valence-corrected chi connectivity index (χ3v) is 5.94. The molecule has 0 aromatic heterocycles. The lowest BCUT2D eigenvalue weighted by molar-refractivity contribution is -0.129. The van der Waals surface area contributed by atoms with Gasteiger partial charge in [-0.05, 0) is 18.1 Å². The second-order valence-electron chi connectivity index (χ2n) is 6.56. The molecule has 160 valence electrons. The normalized spacial score (nSPS) is 17.4. The number of aliphatic carboxylic acids is 1. The Balaban J connectivity index is 1.77. The molecule has 1 unspecified atom stereocenters. The van der Waals surface area contributed by atoms with Gasteiger partial charge in [0.2, 0.25) is 0 Å². The number of benzene rings is 2. The first-order valence-corrected chi connectivity index (χ1v) is 10.3. The average Bonchev–Trinajstić information content (AvgIpc) is 3.31. The van der Waals surface area contributed by atoms with Crippen LogP contribution in [0.3, 0.4) is 0 Å². The molecule has 0 spiro atoms. The fourth-order valence-corrected chi connectivity index (χ4v) is 3.69. The Bertz CT molecular complexity index is 980. The zero-order chi connectivity index (χ0) is 21.9. The van der Waals surface area contributed by atoms with E-state index in [1.165, 1.54) is 13.2 Å². The first kappa shape index (κ1) is 22.8. The summed E-state index contributed by atoms with van der Waals surface area (Å²) in [6.45, 7) is 0.341. The minimum Gasteiger partial charge on any atom is -0.491 e. The van der Waals surface area contributed by atoms with E-state index >= 15 is 0 Å². The van der Waals surface area contributed by atoms with E-state index in [1.54, 1.807) is 30.3 Å². The Labute approximate surface area is 193 Å². The molecule has 2 aromatic carbocycles. The fourth-order valence-electron chi connectivity index (χ4n) is 2.70. The summed E-state index contributed by atoms with van der Waals surface area (Å²) >= 11 is 24.5. The van der Waals surface area contributed by atoms with Crippen molar-refractivity contribution in [2.45, 2.75) is 17.4 Å². The predicted molar refractivity (Wildman–Crippen MR) is 116 cm³/mol. The minimum absolute atomic E-state index is 0.0262. The number of rotatable bonds is 9. The lowest BCUT2D eigenvalue weighted by Crippen LogP contribution is -2.17. The molecule has 0 saturated heterocycles. The first-order chi connectivity index (χ1) is 14.2. The van der Waals surface area contributed by atoms with Crippen LogP contribution in [0.5, 0.6) is 11.5 Å². The van der Waals surface area contributed by atoms with Gasteiger partial charge in [-0.15, -0.1) is 23.2 Å². The first-order valence-electron chi connectivity index (χ1n) is 8.78. The van der Waals surface area contributed by atoms with Crippen molar-refractivity contribution in [2.75, 3.05) is 13.7 Å². The number of hydrogen-bond acceptors (Lipinski definition) is 5. The summed E-state index contributed by atoms with van der Waals surface area (Å²) in [4.78, 5) is 16.2. The SMILES string of the molecule is CO/N=C(/C(=O)O)c1ccccc1COc1cc(OCC2CC2(Cl)Cl)c(Cl)cc1Cl. The van der Waals surface area contributed by atoms with Crippen molar-refractivity contribution in [3.05, 3.63) is 57.6 Å². The highest BCUT2D eigenvalue weighted by molar-refractivity contribution is 6.50. The average molecular weight is 493 g/mol. The molecule has 2 aromatic rings. The van der Waals surface area contributed by atoms with Crippen molar-refractivity contribution in [2.24, 2.45) is 11.1 Å². The molecule has 1 fully saturated rings. The van der Waals surface area contributed by atoms with Gasteiger partial charge in [0.05, 0.1) is 16.7 Å². The van der Waals surface area contributed by atoms with E-state index in [9.17, 15) is 9.90 Å². The number of carboxylic acid groups (broad SMARTS) is 1.